The van der Waals surface area contributed by atoms with Crippen molar-refractivity contribution in [1.29, 1.82) is 0 Å². The van der Waals surface area contributed by atoms with Gasteiger partial charge in [0.1, 0.15) is 0 Å². The van der Waals surface area contributed by atoms with Gasteiger partial charge in [-0.3, -0.25) is 0 Å². The molecule has 0 heterocycles. The number of fused-ring (bicyclic) bond motifs is 5. The summed E-state index contributed by atoms with van der Waals surface area (Å²) in [4.78, 5) is 0. The fourth-order valence-electron chi connectivity index (χ4n) is 8.22. The summed E-state index contributed by atoms with van der Waals surface area (Å²) in [5, 5.41) is 0. The summed E-state index contributed by atoms with van der Waals surface area (Å²) >= 11 is 0. The standard InChI is InChI=1S/C26H45N/c1-18(2)7-5-6-8-19-10-12-23-22-11-9-20-17-21(27)13-15-26(20,4)24(22)14-16-25(19,23)3/h9,18-19,21-24H,5-8,10-17,27H2,1-4H3/t19-,21-,22?,23?,24?,25+,26-/m0/s1. The molecule has 2 N–H and O–H groups in total. The minimum absolute atomic E-state index is 0.427. The molecule has 4 aliphatic rings. The Balaban J connectivity index is 1.46. The molecule has 4 aliphatic carbocycles. The number of unbranched alkanes of at least 4 members (excludes halogenated alkanes) is 1. The van der Waals surface area contributed by atoms with E-state index in [1.165, 1.54) is 77.0 Å². The van der Waals surface area contributed by atoms with Gasteiger partial charge in [-0.05, 0) is 98.2 Å². The minimum Gasteiger partial charge on any atom is -0.327 e. The van der Waals surface area contributed by atoms with Gasteiger partial charge < -0.3 is 5.73 Å². The van der Waals surface area contributed by atoms with Crippen LogP contribution >= 0.6 is 0 Å². The van der Waals surface area contributed by atoms with Crippen molar-refractivity contribution in [3.8, 4) is 0 Å². The van der Waals surface area contributed by atoms with Gasteiger partial charge in [0.15, 0.2) is 0 Å². The molecular formula is C26H45N. The minimum atomic E-state index is 0.427. The highest BCUT2D eigenvalue weighted by Crippen LogP contribution is 2.66. The SMILES string of the molecule is CC(C)CCCC[C@H]1CCC2C3CC=C4C[C@@H](N)CC[C@]4(C)C3CC[C@@]21C. The van der Waals surface area contributed by atoms with Gasteiger partial charge in [0.05, 0.1) is 0 Å². The van der Waals surface area contributed by atoms with E-state index in [2.05, 4.69) is 33.8 Å². The summed E-state index contributed by atoms with van der Waals surface area (Å²) in [7, 11) is 0. The second kappa shape index (κ2) is 7.51. The smallest absolute Gasteiger partial charge is 0.00766 e. The Morgan fingerprint density at radius 3 is 2.63 bits per heavy atom. The molecule has 154 valence electrons. The Bertz CT molecular complexity index is 563. The number of nitrogens with two attached hydrogens (primary N) is 1. The fraction of sp³-hybridized carbons (Fsp3) is 0.923. The maximum Gasteiger partial charge on any atom is 0.00766 e. The van der Waals surface area contributed by atoms with Gasteiger partial charge >= 0.3 is 0 Å². The van der Waals surface area contributed by atoms with Crippen molar-refractivity contribution in [2.24, 2.45) is 46.2 Å². The predicted molar refractivity (Wildman–Crippen MR) is 116 cm³/mol. The molecule has 0 bridgehead atoms. The molecule has 0 saturated heterocycles. The topological polar surface area (TPSA) is 26.0 Å². The molecule has 0 aromatic carbocycles. The first-order valence-corrected chi connectivity index (χ1v) is 12.3. The maximum absolute atomic E-state index is 6.33. The van der Waals surface area contributed by atoms with Crippen LogP contribution in [0.2, 0.25) is 0 Å². The van der Waals surface area contributed by atoms with Crippen molar-refractivity contribution in [1.82, 2.24) is 0 Å². The van der Waals surface area contributed by atoms with Gasteiger partial charge in [-0.25, -0.2) is 0 Å². The summed E-state index contributed by atoms with van der Waals surface area (Å²) in [6.07, 6.45) is 19.7. The van der Waals surface area contributed by atoms with Gasteiger partial charge in [-0.15, -0.1) is 0 Å². The molecule has 3 saturated carbocycles. The summed E-state index contributed by atoms with van der Waals surface area (Å²) in [5.41, 5.74) is 9.20. The van der Waals surface area contributed by atoms with Crippen LogP contribution in [-0.2, 0) is 0 Å². The van der Waals surface area contributed by atoms with Crippen molar-refractivity contribution < 1.29 is 0 Å². The molecule has 0 aromatic heterocycles. The molecule has 0 radical (unpaired) electrons. The zero-order chi connectivity index (χ0) is 19.2. The Labute approximate surface area is 168 Å². The summed E-state index contributed by atoms with van der Waals surface area (Å²) < 4.78 is 0. The Kier molecular flexibility index (Phi) is 5.56. The first kappa shape index (κ1) is 20.0. The van der Waals surface area contributed by atoms with Crippen LogP contribution in [0.5, 0.6) is 0 Å². The van der Waals surface area contributed by atoms with Crippen LogP contribution in [0.1, 0.15) is 105 Å². The monoisotopic (exact) mass is 371 g/mol. The summed E-state index contributed by atoms with van der Waals surface area (Å²) in [6, 6.07) is 0.427. The number of hydrogen-bond donors (Lipinski definition) is 1. The lowest BCUT2D eigenvalue weighted by molar-refractivity contribution is -0.0434. The predicted octanol–water partition coefficient (Wildman–Crippen LogP) is 7.11. The quantitative estimate of drug-likeness (QED) is 0.404. The average Bonchev–Trinajstić information content (AvgIpc) is 2.96. The van der Waals surface area contributed by atoms with E-state index in [0.29, 0.717) is 16.9 Å². The first-order chi connectivity index (χ1) is 12.8. The molecule has 27 heavy (non-hydrogen) atoms. The zero-order valence-corrected chi connectivity index (χ0v) is 18.6. The largest absolute Gasteiger partial charge is 0.327 e. The van der Waals surface area contributed by atoms with Crippen molar-refractivity contribution in [3.63, 3.8) is 0 Å². The van der Waals surface area contributed by atoms with E-state index >= 15 is 0 Å². The molecule has 1 heteroatoms. The molecule has 0 aliphatic heterocycles. The third-order valence-electron chi connectivity index (χ3n) is 9.92. The van der Waals surface area contributed by atoms with E-state index in [-0.39, 0.29) is 0 Å². The van der Waals surface area contributed by atoms with Crippen LogP contribution in [0.3, 0.4) is 0 Å². The molecule has 1 nitrogen and oxygen atoms in total. The second-order valence-electron chi connectivity index (χ2n) is 11.8. The van der Waals surface area contributed by atoms with Crippen LogP contribution < -0.4 is 5.73 Å². The van der Waals surface area contributed by atoms with E-state index in [0.717, 1.165) is 29.6 Å². The highest BCUT2D eigenvalue weighted by Gasteiger charge is 2.58. The molecular weight excluding hydrogens is 326 g/mol. The maximum atomic E-state index is 6.33. The van der Waals surface area contributed by atoms with Crippen LogP contribution in [0.25, 0.3) is 0 Å². The van der Waals surface area contributed by atoms with Crippen LogP contribution in [0.15, 0.2) is 11.6 Å². The molecule has 0 spiro atoms. The zero-order valence-electron chi connectivity index (χ0n) is 18.6. The number of hydrogen-bond acceptors (Lipinski definition) is 1. The van der Waals surface area contributed by atoms with Crippen LogP contribution in [-0.4, -0.2) is 6.04 Å². The molecule has 0 amide bonds. The third kappa shape index (κ3) is 3.45. The Hall–Kier alpha value is -0.300. The average molecular weight is 372 g/mol. The van der Waals surface area contributed by atoms with Crippen LogP contribution in [0, 0.1) is 40.4 Å². The lowest BCUT2D eigenvalue weighted by Gasteiger charge is -2.58. The van der Waals surface area contributed by atoms with E-state index in [1.54, 1.807) is 5.57 Å². The second-order valence-corrected chi connectivity index (χ2v) is 11.8. The molecule has 3 unspecified atom stereocenters. The first-order valence-electron chi connectivity index (χ1n) is 12.3. The molecule has 3 fully saturated rings. The summed E-state index contributed by atoms with van der Waals surface area (Å²) in [6.45, 7) is 10.1. The van der Waals surface area contributed by atoms with Gasteiger partial charge in [0.25, 0.3) is 0 Å². The lowest BCUT2D eigenvalue weighted by Crippen LogP contribution is -2.51. The van der Waals surface area contributed by atoms with E-state index < -0.39 is 0 Å². The highest BCUT2D eigenvalue weighted by atomic mass is 14.7. The lowest BCUT2D eigenvalue weighted by atomic mass is 9.47. The molecule has 4 rings (SSSR count). The van der Waals surface area contributed by atoms with Gasteiger partial charge in [0.2, 0.25) is 0 Å². The van der Waals surface area contributed by atoms with E-state index in [4.69, 9.17) is 5.73 Å². The fourth-order valence-corrected chi connectivity index (χ4v) is 8.22. The van der Waals surface area contributed by atoms with Crippen molar-refractivity contribution in [3.05, 3.63) is 11.6 Å². The third-order valence-corrected chi connectivity index (χ3v) is 9.92. The van der Waals surface area contributed by atoms with Crippen LogP contribution in [0.4, 0.5) is 0 Å². The normalized spacial score (nSPS) is 46.6. The van der Waals surface area contributed by atoms with Gasteiger partial charge in [0, 0.05) is 6.04 Å². The van der Waals surface area contributed by atoms with Crippen molar-refractivity contribution >= 4 is 0 Å². The van der Waals surface area contributed by atoms with Gasteiger partial charge in [-0.2, -0.15) is 0 Å². The van der Waals surface area contributed by atoms with E-state index in [1.807, 2.05) is 0 Å². The van der Waals surface area contributed by atoms with E-state index in [9.17, 15) is 0 Å². The van der Waals surface area contributed by atoms with Crippen molar-refractivity contribution in [2.75, 3.05) is 0 Å². The number of rotatable bonds is 5. The Morgan fingerprint density at radius 2 is 1.85 bits per heavy atom. The number of allylic oxidation sites excluding steroid dienone is 1. The molecule has 7 atom stereocenters. The summed E-state index contributed by atoms with van der Waals surface area (Å²) in [5.74, 6) is 4.79. The van der Waals surface area contributed by atoms with Crippen molar-refractivity contribution in [2.45, 2.75) is 111 Å². The molecule has 0 aromatic rings. The van der Waals surface area contributed by atoms with Gasteiger partial charge in [-0.1, -0.05) is 58.6 Å². The Morgan fingerprint density at radius 1 is 1.04 bits per heavy atom. The highest BCUT2D eigenvalue weighted by molar-refractivity contribution is 5.25.